The molecule has 2 fully saturated rings. The molecule has 0 radical (unpaired) electrons. The lowest BCUT2D eigenvalue weighted by Gasteiger charge is -2.36. The van der Waals surface area contributed by atoms with Gasteiger partial charge >= 0.3 is 6.03 Å². The number of H-pyrrole nitrogens is 1. The molecule has 44 heavy (non-hydrogen) atoms. The van der Waals surface area contributed by atoms with Gasteiger partial charge < -0.3 is 19.8 Å². The van der Waals surface area contributed by atoms with Crippen molar-refractivity contribution in [2.75, 3.05) is 51.4 Å². The molecule has 10 nitrogen and oxygen atoms in total. The Morgan fingerprint density at radius 1 is 1.02 bits per heavy atom. The van der Waals surface area contributed by atoms with Crippen LogP contribution in [0.5, 0.6) is 5.75 Å². The van der Waals surface area contributed by atoms with Gasteiger partial charge in [0.2, 0.25) is 0 Å². The molecular weight excluding hydrogens is 558 g/mol. The lowest BCUT2D eigenvalue weighted by molar-refractivity contribution is -0.120. The van der Waals surface area contributed by atoms with E-state index in [-0.39, 0.29) is 11.8 Å². The minimum absolute atomic E-state index is 0.292. The molecule has 226 valence electrons. The maximum Gasteiger partial charge on any atom is 0.332 e. The first kappa shape index (κ1) is 28.1. The summed E-state index contributed by atoms with van der Waals surface area (Å²) in [6.45, 7) is 4.60. The van der Waals surface area contributed by atoms with Crippen molar-refractivity contribution in [3.05, 3.63) is 95.2 Å². The fraction of sp³-hybridized carbons (Fsp3) is 0.324. The topological polar surface area (TPSA) is 107 Å². The van der Waals surface area contributed by atoms with E-state index in [1.54, 1.807) is 36.3 Å². The van der Waals surface area contributed by atoms with E-state index >= 15 is 0 Å². The number of imide groups is 1. The van der Waals surface area contributed by atoms with Crippen molar-refractivity contribution in [3.8, 4) is 5.75 Å². The number of nitrogens with zero attached hydrogens (tertiary/aromatic N) is 3. The lowest BCUT2D eigenvalue weighted by atomic mass is 9.89. The van der Waals surface area contributed by atoms with E-state index in [4.69, 9.17) is 9.47 Å². The molecule has 10 heteroatoms. The van der Waals surface area contributed by atoms with Crippen LogP contribution in [0.2, 0.25) is 0 Å². The standard InChI is InChI=1S/C34H35N5O5/c1-43-23-9-6-8-22(20-23)31-30-26(24-10-2-4-12-27(24)36-30)21-29-33(41)39(34(42)38(29)31)28-13-5-3-11-25(28)32(40)35-14-7-15-37-16-18-44-19-17-37/h2-6,8-13,20,29,31,36H,7,14-19,21H2,1H3,(H,35,40)/t29-,31?/m0/s1. The number of carbonyl (C=O) groups is 3. The summed E-state index contributed by atoms with van der Waals surface area (Å²) in [4.78, 5) is 50.7. The van der Waals surface area contributed by atoms with E-state index in [1.807, 2.05) is 48.5 Å². The molecule has 1 aromatic heterocycles. The first-order valence-corrected chi connectivity index (χ1v) is 15.1. The number of methoxy groups -OCH3 is 1. The Morgan fingerprint density at radius 2 is 1.82 bits per heavy atom. The molecule has 4 heterocycles. The summed E-state index contributed by atoms with van der Waals surface area (Å²) in [6.07, 6.45) is 1.16. The first-order chi connectivity index (χ1) is 21.5. The van der Waals surface area contributed by atoms with Gasteiger partial charge in [-0.1, -0.05) is 42.5 Å². The molecule has 3 aliphatic heterocycles. The first-order valence-electron chi connectivity index (χ1n) is 15.1. The molecule has 2 saturated heterocycles. The van der Waals surface area contributed by atoms with Crippen LogP contribution >= 0.6 is 0 Å². The van der Waals surface area contributed by atoms with Crippen LogP contribution in [-0.4, -0.2) is 85.2 Å². The summed E-state index contributed by atoms with van der Waals surface area (Å²) >= 11 is 0. The second-order valence-corrected chi connectivity index (χ2v) is 11.4. The zero-order valence-electron chi connectivity index (χ0n) is 24.6. The van der Waals surface area contributed by atoms with E-state index < -0.39 is 18.1 Å². The van der Waals surface area contributed by atoms with Crippen molar-refractivity contribution in [1.82, 2.24) is 20.1 Å². The molecule has 3 aromatic carbocycles. The van der Waals surface area contributed by atoms with Crippen molar-refractivity contribution in [3.63, 3.8) is 0 Å². The quantitative estimate of drug-likeness (QED) is 0.235. The number of aromatic nitrogens is 1. The maximum absolute atomic E-state index is 14.4. The molecule has 0 aliphatic carbocycles. The fourth-order valence-electron chi connectivity index (χ4n) is 6.74. The van der Waals surface area contributed by atoms with Gasteiger partial charge in [-0.05, 0) is 54.4 Å². The van der Waals surface area contributed by atoms with Crippen LogP contribution in [0.3, 0.4) is 0 Å². The van der Waals surface area contributed by atoms with Crippen molar-refractivity contribution >= 4 is 34.4 Å². The number of carbonyl (C=O) groups excluding carboxylic acids is 3. The highest BCUT2D eigenvalue weighted by molar-refractivity contribution is 6.24. The number of ether oxygens (including phenoxy) is 2. The third-order valence-corrected chi connectivity index (χ3v) is 8.89. The zero-order chi connectivity index (χ0) is 30.2. The molecule has 3 aliphatic rings. The fourth-order valence-corrected chi connectivity index (χ4v) is 6.74. The van der Waals surface area contributed by atoms with E-state index in [0.717, 1.165) is 67.0 Å². The SMILES string of the molecule is COc1cccc(C2c3[nH]c4ccccc4c3C[C@H]3C(=O)N(c4ccccc4C(=O)NCCCN4CCOCC4)C(=O)N23)c1. The van der Waals surface area contributed by atoms with Crippen molar-refractivity contribution in [1.29, 1.82) is 0 Å². The minimum atomic E-state index is -0.727. The van der Waals surface area contributed by atoms with Gasteiger partial charge in [-0.2, -0.15) is 0 Å². The van der Waals surface area contributed by atoms with Gasteiger partial charge in [-0.25, -0.2) is 9.69 Å². The summed E-state index contributed by atoms with van der Waals surface area (Å²) in [5, 5.41) is 4.03. The van der Waals surface area contributed by atoms with Crippen LogP contribution < -0.4 is 15.0 Å². The normalized spacial score (nSPS) is 20.1. The van der Waals surface area contributed by atoms with Gasteiger partial charge in [0.1, 0.15) is 17.8 Å². The van der Waals surface area contributed by atoms with Crippen LogP contribution in [0, 0.1) is 0 Å². The van der Waals surface area contributed by atoms with E-state index in [2.05, 4.69) is 15.2 Å². The third kappa shape index (κ3) is 4.89. The zero-order valence-corrected chi connectivity index (χ0v) is 24.6. The minimum Gasteiger partial charge on any atom is -0.497 e. The average molecular weight is 594 g/mol. The number of fused-ring (bicyclic) bond motifs is 4. The maximum atomic E-state index is 14.4. The van der Waals surface area contributed by atoms with Crippen LogP contribution in [0.25, 0.3) is 10.9 Å². The van der Waals surface area contributed by atoms with E-state index in [0.29, 0.717) is 30.0 Å². The van der Waals surface area contributed by atoms with Crippen molar-refractivity contribution in [2.45, 2.75) is 24.9 Å². The van der Waals surface area contributed by atoms with Crippen molar-refractivity contribution < 1.29 is 23.9 Å². The summed E-state index contributed by atoms with van der Waals surface area (Å²) in [5.74, 6) is 0.00718. The van der Waals surface area contributed by atoms with Gasteiger partial charge in [-0.15, -0.1) is 0 Å². The average Bonchev–Trinajstić information content (AvgIpc) is 3.56. The van der Waals surface area contributed by atoms with E-state index in [9.17, 15) is 14.4 Å². The van der Waals surface area contributed by atoms with Gasteiger partial charge in [0.15, 0.2) is 0 Å². The summed E-state index contributed by atoms with van der Waals surface area (Å²) < 4.78 is 10.9. The van der Waals surface area contributed by atoms with Crippen LogP contribution in [0.15, 0.2) is 72.8 Å². The Bertz CT molecular complexity index is 1730. The Labute approximate surface area is 255 Å². The highest BCUT2D eigenvalue weighted by Crippen LogP contribution is 2.45. The van der Waals surface area contributed by atoms with Gasteiger partial charge in [0.25, 0.3) is 11.8 Å². The number of rotatable bonds is 8. The van der Waals surface area contributed by atoms with Gasteiger partial charge in [0.05, 0.1) is 31.6 Å². The molecule has 7 rings (SSSR count). The molecule has 0 bridgehead atoms. The molecule has 2 atom stereocenters. The number of para-hydroxylation sites is 2. The molecule has 0 saturated carbocycles. The predicted molar refractivity (Wildman–Crippen MR) is 166 cm³/mol. The number of benzene rings is 3. The molecule has 1 unspecified atom stereocenters. The number of hydrogen-bond acceptors (Lipinski definition) is 6. The number of nitrogens with one attached hydrogen (secondary N) is 2. The largest absolute Gasteiger partial charge is 0.497 e. The predicted octanol–water partition coefficient (Wildman–Crippen LogP) is 4.11. The number of morpholine rings is 1. The van der Waals surface area contributed by atoms with Gasteiger partial charge in [-0.3, -0.25) is 19.4 Å². The van der Waals surface area contributed by atoms with Crippen LogP contribution in [-0.2, 0) is 16.0 Å². The van der Waals surface area contributed by atoms with Crippen LogP contribution in [0.1, 0.15) is 39.6 Å². The second kappa shape index (κ2) is 11.8. The number of urea groups is 1. The lowest BCUT2D eigenvalue weighted by Crippen LogP contribution is -2.44. The summed E-state index contributed by atoms with van der Waals surface area (Å²) in [6, 6.07) is 20.7. The molecule has 2 N–H and O–H groups in total. The van der Waals surface area contributed by atoms with Crippen molar-refractivity contribution in [2.24, 2.45) is 0 Å². The Kier molecular flexibility index (Phi) is 7.53. The highest BCUT2D eigenvalue weighted by Gasteiger charge is 2.53. The molecule has 0 spiro atoms. The van der Waals surface area contributed by atoms with Crippen LogP contribution in [0.4, 0.5) is 10.5 Å². The summed E-state index contributed by atoms with van der Waals surface area (Å²) in [7, 11) is 1.61. The smallest absolute Gasteiger partial charge is 0.332 e. The Morgan fingerprint density at radius 3 is 2.66 bits per heavy atom. The Hall–Kier alpha value is -4.67. The van der Waals surface area contributed by atoms with Gasteiger partial charge in [0, 0.05) is 42.7 Å². The number of amides is 4. The number of anilines is 1. The van der Waals surface area contributed by atoms with E-state index in [1.165, 1.54) is 4.90 Å². The Balaban J connectivity index is 1.20. The number of hydrogen-bond donors (Lipinski definition) is 2. The monoisotopic (exact) mass is 593 g/mol. The molecule has 4 aromatic rings. The third-order valence-electron chi connectivity index (χ3n) is 8.89. The molecule has 4 amide bonds. The second-order valence-electron chi connectivity index (χ2n) is 11.4. The number of aromatic amines is 1. The highest BCUT2D eigenvalue weighted by atomic mass is 16.5. The molecular formula is C34H35N5O5. The summed E-state index contributed by atoms with van der Waals surface area (Å²) in [5.41, 5.74) is 4.27.